The smallest absolute Gasteiger partial charge is 0.259 e. The third kappa shape index (κ3) is 2.98. The van der Waals surface area contributed by atoms with Crippen LogP contribution in [0.1, 0.15) is 31.4 Å². The Balaban J connectivity index is 1.70. The minimum Gasteiger partial charge on any atom is -0.311 e. The van der Waals surface area contributed by atoms with Crippen LogP contribution in [0.3, 0.4) is 0 Å². The fraction of sp³-hybridized carbons (Fsp3) is 0.500. The molecule has 0 spiro atoms. The molecule has 7 heteroatoms. The standard InChI is InChI=1S/C18H22N2O3S2/c1-2-8-25(22,23)19-10-13-9-14(12-19)16-6-5-15(17-4-3-7-24-17)18(21)20(16)11-13/h3-7,13-14H,2,8-12H2,1H3/t13-,14+/m0/s1. The van der Waals surface area contributed by atoms with E-state index in [0.717, 1.165) is 22.6 Å². The number of sulfonamides is 1. The molecule has 25 heavy (non-hydrogen) atoms. The average molecular weight is 379 g/mol. The van der Waals surface area contributed by atoms with Crippen LogP contribution in [0.4, 0.5) is 0 Å². The highest BCUT2D eigenvalue weighted by atomic mass is 32.2. The Morgan fingerprint density at radius 1 is 1.20 bits per heavy atom. The first kappa shape index (κ1) is 17.0. The van der Waals surface area contributed by atoms with Gasteiger partial charge < -0.3 is 4.57 Å². The molecule has 4 rings (SSSR count). The summed E-state index contributed by atoms with van der Waals surface area (Å²) >= 11 is 1.57. The first-order valence-corrected chi connectivity index (χ1v) is 11.2. The van der Waals surface area contributed by atoms with E-state index in [4.69, 9.17) is 0 Å². The van der Waals surface area contributed by atoms with Crippen molar-refractivity contribution in [2.45, 2.75) is 32.2 Å². The van der Waals surface area contributed by atoms with E-state index in [-0.39, 0.29) is 23.1 Å². The van der Waals surface area contributed by atoms with Crippen molar-refractivity contribution >= 4 is 21.4 Å². The molecule has 0 aromatic carbocycles. The van der Waals surface area contributed by atoms with Crippen LogP contribution in [0, 0.1) is 5.92 Å². The Kier molecular flexibility index (Phi) is 4.33. The van der Waals surface area contributed by atoms with Gasteiger partial charge in [-0.2, -0.15) is 0 Å². The van der Waals surface area contributed by atoms with Crippen molar-refractivity contribution in [3.8, 4) is 10.4 Å². The molecule has 0 unspecified atom stereocenters. The Morgan fingerprint density at radius 3 is 2.76 bits per heavy atom. The lowest BCUT2D eigenvalue weighted by Gasteiger charge is -2.42. The predicted molar refractivity (Wildman–Crippen MR) is 101 cm³/mol. The molecule has 2 aromatic heterocycles. The van der Waals surface area contributed by atoms with Gasteiger partial charge >= 0.3 is 0 Å². The number of pyridine rings is 1. The molecule has 2 atom stereocenters. The minimum atomic E-state index is -3.18. The Bertz CT molecular complexity index is 932. The minimum absolute atomic E-state index is 0.0551. The van der Waals surface area contributed by atoms with Crippen LogP contribution in [0.5, 0.6) is 0 Å². The topological polar surface area (TPSA) is 59.4 Å². The van der Waals surface area contributed by atoms with E-state index in [9.17, 15) is 13.2 Å². The summed E-state index contributed by atoms with van der Waals surface area (Å²) in [6.07, 6.45) is 1.60. The van der Waals surface area contributed by atoms with Crippen LogP contribution in [0.15, 0.2) is 34.4 Å². The quantitative estimate of drug-likeness (QED) is 0.822. The number of hydrogen-bond acceptors (Lipinski definition) is 4. The first-order valence-electron chi connectivity index (χ1n) is 8.75. The highest BCUT2D eigenvalue weighted by Crippen LogP contribution is 2.37. The van der Waals surface area contributed by atoms with Gasteiger partial charge in [-0.3, -0.25) is 4.79 Å². The van der Waals surface area contributed by atoms with Gasteiger partial charge in [-0.25, -0.2) is 12.7 Å². The molecule has 1 fully saturated rings. The molecule has 2 aromatic rings. The second-order valence-corrected chi connectivity index (χ2v) is 10.0. The van der Waals surface area contributed by atoms with E-state index in [1.165, 1.54) is 0 Å². The number of nitrogens with zero attached hydrogens (tertiary/aromatic N) is 2. The predicted octanol–water partition coefficient (Wildman–Crippen LogP) is 2.74. The monoisotopic (exact) mass is 378 g/mol. The number of aromatic nitrogens is 1. The largest absolute Gasteiger partial charge is 0.311 e. The second-order valence-electron chi connectivity index (χ2n) is 7.00. The molecule has 4 heterocycles. The van der Waals surface area contributed by atoms with Crippen molar-refractivity contribution in [2.75, 3.05) is 18.8 Å². The fourth-order valence-electron chi connectivity index (χ4n) is 4.14. The molecule has 0 aliphatic carbocycles. The van der Waals surface area contributed by atoms with E-state index in [1.54, 1.807) is 15.6 Å². The van der Waals surface area contributed by atoms with Gasteiger partial charge in [0, 0.05) is 36.1 Å². The maximum absolute atomic E-state index is 13.0. The molecule has 2 aliphatic rings. The van der Waals surface area contributed by atoms with E-state index < -0.39 is 10.0 Å². The van der Waals surface area contributed by atoms with E-state index in [2.05, 4.69) is 0 Å². The molecule has 5 nitrogen and oxygen atoms in total. The molecule has 2 bridgehead atoms. The third-order valence-electron chi connectivity index (χ3n) is 5.21. The van der Waals surface area contributed by atoms with Gasteiger partial charge in [0.25, 0.3) is 5.56 Å². The molecule has 0 radical (unpaired) electrons. The second kappa shape index (κ2) is 6.37. The van der Waals surface area contributed by atoms with Crippen molar-refractivity contribution in [2.24, 2.45) is 5.92 Å². The first-order chi connectivity index (χ1) is 12.0. The SMILES string of the molecule is CCCS(=O)(=O)N1C[C@@H]2C[C@H](C1)c1ccc(-c3cccs3)c(=O)n1C2. The molecular formula is C18H22N2O3S2. The van der Waals surface area contributed by atoms with E-state index in [1.807, 2.05) is 41.1 Å². The zero-order valence-electron chi connectivity index (χ0n) is 14.2. The number of piperidine rings is 1. The average Bonchev–Trinajstić information content (AvgIpc) is 3.10. The maximum atomic E-state index is 13.0. The third-order valence-corrected chi connectivity index (χ3v) is 8.13. The van der Waals surface area contributed by atoms with Crippen LogP contribution in [0.2, 0.25) is 0 Å². The molecule has 0 saturated carbocycles. The van der Waals surface area contributed by atoms with Crippen molar-refractivity contribution in [3.63, 3.8) is 0 Å². The van der Waals surface area contributed by atoms with Crippen LogP contribution >= 0.6 is 11.3 Å². The summed E-state index contributed by atoms with van der Waals surface area (Å²) in [5, 5.41) is 1.98. The number of rotatable bonds is 4. The highest BCUT2D eigenvalue weighted by Gasteiger charge is 2.38. The lowest BCUT2D eigenvalue weighted by Crippen LogP contribution is -2.49. The van der Waals surface area contributed by atoms with Gasteiger partial charge in [0.2, 0.25) is 10.0 Å². The van der Waals surface area contributed by atoms with Gasteiger partial charge in [0.15, 0.2) is 0 Å². The van der Waals surface area contributed by atoms with Gasteiger partial charge in [0.1, 0.15) is 0 Å². The van der Waals surface area contributed by atoms with Crippen molar-refractivity contribution in [3.05, 3.63) is 45.7 Å². The lowest BCUT2D eigenvalue weighted by atomic mass is 9.84. The Hall–Kier alpha value is -1.44. The fourth-order valence-corrected chi connectivity index (χ4v) is 6.50. The van der Waals surface area contributed by atoms with Gasteiger partial charge in [-0.15, -0.1) is 11.3 Å². The zero-order valence-corrected chi connectivity index (χ0v) is 15.9. The van der Waals surface area contributed by atoms with Crippen molar-refractivity contribution < 1.29 is 8.42 Å². The number of thiophene rings is 1. The molecular weight excluding hydrogens is 356 g/mol. The van der Waals surface area contributed by atoms with Gasteiger partial charge in [-0.05, 0) is 42.3 Å². The Labute approximate surface area is 152 Å². The molecule has 0 amide bonds. The molecule has 134 valence electrons. The van der Waals surface area contributed by atoms with Crippen molar-refractivity contribution in [1.29, 1.82) is 0 Å². The molecule has 2 aliphatic heterocycles. The van der Waals surface area contributed by atoms with Crippen molar-refractivity contribution in [1.82, 2.24) is 8.87 Å². The summed E-state index contributed by atoms with van der Waals surface area (Å²) in [5.74, 6) is 0.537. The number of hydrogen-bond donors (Lipinski definition) is 0. The molecule has 0 N–H and O–H groups in total. The van der Waals surface area contributed by atoms with Crippen LogP contribution in [-0.4, -0.2) is 36.1 Å². The number of fused-ring (bicyclic) bond motifs is 4. The lowest BCUT2D eigenvalue weighted by molar-refractivity contribution is 0.186. The van der Waals surface area contributed by atoms with Gasteiger partial charge in [0.05, 0.1) is 11.3 Å². The Morgan fingerprint density at radius 2 is 2.04 bits per heavy atom. The summed E-state index contributed by atoms with van der Waals surface area (Å²) in [4.78, 5) is 14.0. The summed E-state index contributed by atoms with van der Waals surface area (Å²) in [5.41, 5.74) is 1.78. The molecule has 1 saturated heterocycles. The summed E-state index contributed by atoms with van der Waals surface area (Å²) in [6, 6.07) is 7.85. The van der Waals surface area contributed by atoms with E-state index in [0.29, 0.717) is 26.1 Å². The van der Waals surface area contributed by atoms with Crippen LogP contribution in [0.25, 0.3) is 10.4 Å². The van der Waals surface area contributed by atoms with Crippen LogP contribution in [-0.2, 0) is 16.6 Å². The van der Waals surface area contributed by atoms with Crippen LogP contribution < -0.4 is 5.56 Å². The normalized spacial score (nSPS) is 23.4. The summed E-state index contributed by atoms with van der Waals surface area (Å²) in [7, 11) is -3.18. The highest BCUT2D eigenvalue weighted by molar-refractivity contribution is 7.89. The zero-order chi connectivity index (χ0) is 17.6. The van der Waals surface area contributed by atoms with E-state index >= 15 is 0 Å². The van der Waals surface area contributed by atoms with Gasteiger partial charge in [-0.1, -0.05) is 13.0 Å². The summed E-state index contributed by atoms with van der Waals surface area (Å²) < 4.78 is 28.5. The summed E-state index contributed by atoms with van der Waals surface area (Å²) in [6.45, 7) is 3.54. The maximum Gasteiger partial charge on any atom is 0.259 e.